The van der Waals surface area contributed by atoms with Crippen molar-refractivity contribution in [2.45, 2.75) is 39.2 Å². The molecular formula is C9H17NO4. The van der Waals surface area contributed by atoms with Crippen molar-refractivity contribution in [3.05, 3.63) is 0 Å². The average Bonchev–Trinajstić information content (AvgIpc) is 1.97. The van der Waals surface area contributed by atoms with E-state index in [4.69, 9.17) is 15.9 Å². The van der Waals surface area contributed by atoms with E-state index < -0.39 is 22.9 Å². The quantitative estimate of drug-likeness (QED) is 0.623. The summed E-state index contributed by atoms with van der Waals surface area (Å²) < 4.78 is 0. The Balaban J connectivity index is 4.75. The SMILES string of the molecule is CC(C)(C)[C@](N)(CCC(=O)O)C(=O)O. The Hall–Kier alpha value is -1.10. The molecule has 4 N–H and O–H groups in total. The van der Waals surface area contributed by atoms with Crippen molar-refractivity contribution < 1.29 is 19.8 Å². The van der Waals surface area contributed by atoms with Gasteiger partial charge in [-0.15, -0.1) is 0 Å². The first-order chi connectivity index (χ1) is 6.11. The van der Waals surface area contributed by atoms with E-state index in [2.05, 4.69) is 0 Å². The molecule has 1 atom stereocenters. The number of carboxylic acid groups (broad SMARTS) is 2. The third-order valence-corrected chi connectivity index (χ3v) is 2.45. The van der Waals surface area contributed by atoms with E-state index in [-0.39, 0.29) is 12.8 Å². The molecule has 5 heteroatoms. The van der Waals surface area contributed by atoms with Gasteiger partial charge in [-0.25, -0.2) is 0 Å². The highest BCUT2D eigenvalue weighted by molar-refractivity contribution is 5.80. The van der Waals surface area contributed by atoms with Gasteiger partial charge in [0.15, 0.2) is 0 Å². The summed E-state index contributed by atoms with van der Waals surface area (Å²) in [5.74, 6) is -2.20. The molecule has 0 saturated heterocycles. The molecule has 0 fully saturated rings. The van der Waals surface area contributed by atoms with Crippen LogP contribution < -0.4 is 5.73 Å². The number of carbonyl (C=O) groups is 2. The largest absolute Gasteiger partial charge is 0.481 e. The Morgan fingerprint density at radius 1 is 1.21 bits per heavy atom. The van der Waals surface area contributed by atoms with E-state index in [0.29, 0.717) is 0 Å². The summed E-state index contributed by atoms with van der Waals surface area (Å²) in [5, 5.41) is 17.4. The van der Waals surface area contributed by atoms with Crippen LogP contribution in [0.1, 0.15) is 33.6 Å². The van der Waals surface area contributed by atoms with Gasteiger partial charge >= 0.3 is 11.9 Å². The van der Waals surface area contributed by atoms with Crippen molar-refractivity contribution in [2.24, 2.45) is 11.1 Å². The molecule has 0 rings (SSSR count). The smallest absolute Gasteiger partial charge is 0.324 e. The second-order valence-corrected chi connectivity index (χ2v) is 4.42. The van der Waals surface area contributed by atoms with Gasteiger partial charge < -0.3 is 15.9 Å². The summed E-state index contributed by atoms with van der Waals surface area (Å²) in [7, 11) is 0. The van der Waals surface area contributed by atoms with E-state index in [1.54, 1.807) is 20.8 Å². The lowest BCUT2D eigenvalue weighted by Gasteiger charge is -2.37. The lowest BCUT2D eigenvalue weighted by atomic mass is 9.71. The number of nitrogens with two attached hydrogens (primary N) is 1. The molecule has 0 aromatic carbocycles. The summed E-state index contributed by atoms with van der Waals surface area (Å²) in [5.41, 5.74) is 3.54. The van der Waals surface area contributed by atoms with Gasteiger partial charge in [-0.05, 0) is 11.8 Å². The molecule has 0 aliphatic rings. The highest BCUT2D eigenvalue weighted by atomic mass is 16.4. The number of hydrogen-bond donors (Lipinski definition) is 3. The fourth-order valence-corrected chi connectivity index (χ4v) is 1.11. The highest BCUT2D eigenvalue weighted by Gasteiger charge is 2.45. The molecule has 14 heavy (non-hydrogen) atoms. The molecule has 0 heterocycles. The van der Waals surface area contributed by atoms with Gasteiger partial charge in [0.2, 0.25) is 0 Å². The minimum absolute atomic E-state index is 0.0683. The van der Waals surface area contributed by atoms with Crippen LogP contribution in [0.2, 0.25) is 0 Å². The highest BCUT2D eigenvalue weighted by Crippen LogP contribution is 2.32. The monoisotopic (exact) mass is 203 g/mol. The Morgan fingerprint density at radius 3 is 1.86 bits per heavy atom. The Morgan fingerprint density at radius 2 is 1.64 bits per heavy atom. The summed E-state index contributed by atoms with van der Waals surface area (Å²) in [6, 6.07) is 0. The zero-order valence-corrected chi connectivity index (χ0v) is 8.70. The molecule has 82 valence electrons. The van der Waals surface area contributed by atoms with E-state index in [9.17, 15) is 9.59 Å². The number of aliphatic carboxylic acids is 2. The third-order valence-electron chi connectivity index (χ3n) is 2.45. The second-order valence-electron chi connectivity index (χ2n) is 4.42. The Bertz CT molecular complexity index is 244. The molecule has 5 nitrogen and oxygen atoms in total. The zero-order valence-electron chi connectivity index (χ0n) is 8.70. The minimum atomic E-state index is -1.49. The van der Waals surface area contributed by atoms with Crippen LogP contribution in [0.4, 0.5) is 0 Å². The molecule has 0 spiro atoms. The van der Waals surface area contributed by atoms with Gasteiger partial charge in [0.1, 0.15) is 5.54 Å². The van der Waals surface area contributed by atoms with Gasteiger partial charge in [-0.1, -0.05) is 20.8 Å². The molecule has 0 amide bonds. The number of carboxylic acids is 2. The normalized spacial score (nSPS) is 16.0. The first-order valence-corrected chi connectivity index (χ1v) is 4.35. The molecule has 0 aromatic rings. The van der Waals surface area contributed by atoms with Crippen LogP contribution in [0.25, 0.3) is 0 Å². The van der Waals surface area contributed by atoms with E-state index in [0.717, 1.165) is 0 Å². The Labute approximate surface area is 82.9 Å². The van der Waals surface area contributed by atoms with Crippen molar-refractivity contribution in [3.8, 4) is 0 Å². The van der Waals surface area contributed by atoms with Crippen molar-refractivity contribution in [2.75, 3.05) is 0 Å². The standard InChI is InChI=1S/C9H17NO4/c1-8(2,3)9(10,7(13)14)5-4-6(11)12/h4-5,10H2,1-3H3,(H,11,12)(H,13,14)/t9-/m0/s1. The van der Waals surface area contributed by atoms with Crippen LogP contribution in [0.15, 0.2) is 0 Å². The third kappa shape index (κ3) is 2.70. The molecule has 0 aliphatic heterocycles. The van der Waals surface area contributed by atoms with Crippen LogP contribution >= 0.6 is 0 Å². The van der Waals surface area contributed by atoms with Crippen LogP contribution in [0.3, 0.4) is 0 Å². The molecule has 0 unspecified atom stereocenters. The van der Waals surface area contributed by atoms with Crippen LogP contribution in [0.5, 0.6) is 0 Å². The van der Waals surface area contributed by atoms with E-state index in [1.165, 1.54) is 0 Å². The summed E-state index contributed by atoms with van der Waals surface area (Å²) in [6.45, 7) is 5.05. The lowest BCUT2D eigenvalue weighted by Crippen LogP contribution is -2.57. The predicted molar refractivity (Wildman–Crippen MR) is 50.9 cm³/mol. The number of rotatable bonds is 4. The fourth-order valence-electron chi connectivity index (χ4n) is 1.11. The van der Waals surface area contributed by atoms with E-state index in [1.807, 2.05) is 0 Å². The average molecular weight is 203 g/mol. The van der Waals surface area contributed by atoms with Crippen molar-refractivity contribution in [1.29, 1.82) is 0 Å². The van der Waals surface area contributed by atoms with Gasteiger partial charge in [0.05, 0.1) is 0 Å². The second kappa shape index (κ2) is 3.96. The molecule has 0 aromatic heterocycles. The van der Waals surface area contributed by atoms with Crippen molar-refractivity contribution in [1.82, 2.24) is 0 Å². The minimum Gasteiger partial charge on any atom is -0.481 e. The maximum Gasteiger partial charge on any atom is 0.324 e. The topological polar surface area (TPSA) is 101 Å². The maximum absolute atomic E-state index is 11.0. The molecular weight excluding hydrogens is 186 g/mol. The molecule has 0 aliphatic carbocycles. The summed E-state index contributed by atoms with van der Waals surface area (Å²) >= 11 is 0. The van der Waals surface area contributed by atoms with E-state index >= 15 is 0 Å². The van der Waals surface area contributed by atoms with Gasteiger partial charge in [0, 0.05) is 6.42 Å². The Kier molecular flexibility index (Phi) is 3.65. The number of hydrogen-bond acceptors (Lipinski definition) is 3. The predicted octanol–water partition coefficient (Wildman–Crippen LogP) is 0.679. The van der Waals surface area contributed by atoms with Crippen molar-refractivity contribution in [3.63, 3.8) is 0 Å². The van der Waals surface area contributed by atoms with Crippen LogP contribution in [-0.4, -0.2) is 27.7 Å². The van der Waals surface area contributed by atoms with Crippen molar-refractivity contribution >= 4 is 11.9 Å². The summed E-state index contributed by atoms with van der Waals surface area (Å²) in [4.78, 5) is 21.3. The lowest BCUT2D eigenvalue weighted by molar-refractivity contribution is -0.149. The first-order valence-electron chi connectivity index (χ1n) is 4.35. The fraction of sp³-hybridized carbons (Fsp3) is 0.778. The van der Waals surface area contributed by atoms with Gasteiger partial charge in [-0.2, -0.15) is 0 Å². The zero-order chi connectivity index (χ0) is 11.6. The summed E-state index contributed by atoms with van der Waals surface area (Å²) in [6.07, 6.45) is -0.304. The van der Waals surface area contributed by atoms with Crippen LogP contribution in [0, 0.1) is 5.41 Å². The van der Waals surface area contributed by atoms with Gasteiger partial charge in [-0.3, -0.25) is 9.59 Å². The maximum atomic E-state index is 11.0. The van der Waals surface area contributed by atoms with Gasteiger partial charge in [0.25, 0.3) is 0 Å². The molecule has 0 radical (unpaired) electrons. The first kappa shape index (κ1) is 12.9. The molecule has 0 saturated carbocycles. The molecule has 0 bridgehead atoms. The van der Waals surface area contributed by atoms with Crippen LogP contribution in [-0.2, 0) is 9.59 Å².